The molecule has 1 saturated heterocycles. The van der Waals surface area contributed by atoms with Crippen LogP contribution in [-0.2, 0) is 48.0 Å². The van der Waals surface area contributed by atoms with Crippen LogP contribution >= 0.6 is 23.2 Å². The van der Waals surface area contributed by atoms with Crippen molar-refractivity contribution in [1.82, 2.24) is 4.90 Å². The molecule has 11 heteroatoms. The van der Waals surface area contributed by atoms with Crippen molar-refractivity contribution >= 4 is 58.1 Å². The van der Waals surface area contributed by atoms with Gasteiger partial charge in [-0.3, -0.25) is 14.4 Å². The summed E-state index contributed by atoms with van der Waals surface area (Å²) in [6.45, 7) is 2.39. The maximum absolute atomic E-state index is 15.8. The third-order valence-electron chi connectivity index (χ3n) is 12.6. The number of esters is 1. The molecule has 9 nitrogen and oxygen atoms in total. The van der Waals surface area contributed by atoms with Crippen LogP contribution in [0.4, 0.5) is 11.4 Å². The van der Waals surface area contributed by atoms with E-state index in [1.807, 2.05) is 103 Å². The van der Waals surface area contributed by atoms with Crippen LogP contribution < -0.4 is 9.80 Å². The third-order valence-corrected chi connectivity index (χ3v) is 13.1. The number of nitrogens with zero attached hydrogens (tertiary/aromatic N) is 3. The van der Waals surface area contributed by atoms with Crippen molar-refractivity contribution in [3.63, 3.8) is 0 Å². The van der Waals surface area contributed by atoms with Gasteiger partial charge in [0.2, 0.25) is 11.5 Å². The average molecular weight is 823 g/mol. The van der Waals surface area contributed by atoms with Crippen molar-refractivity contribution in [3.05, 3.63) is 189 Å². The van der Waals surface area contributed by atoms with Gasteiger partial charge >= 0.3 is 5.97 Å². The molecule has 1 fully saturated rings. The number of hydrogen-bond acceptors (Lipinski definition) is 7. The minimum absolute atomic E-state index is 0.0734. The SMILES string of the molecule is COC(=O)C1=CN2[C@H]3C=C[C@@H]([C@@H]2O[C@@]12C(=O)N(Cc1ccccc1)c1ccc(Cl)cc12)[C@H](C(=O)c1ccc(C)cc1)[C@@]31C(=O)N(Cc2ccccc2)c2ccc(Cl)cc21. The summed E-state index contributed by atoms with van der Waals surface area (Å²) in [5, 5.41) is 0.747. The second kappa shape index (κ2) is 13.8. The Morgan fingerprint density at radius 3 is 1.92 bits per heavy atom. The molecule has 5 aromatic carbocycles. The van der Waals surface area contributed by atoms with Crippen LogP contribution in [0.2, 0.25) is 10.0 Å². The van der Waals surface area contributed by atoms with Gasteiger partial charge in [-0.1, -0.05) is 126 Å². The summed E-state index contributed by atoms with van der Waals surface area (Å²) in [7, 11) is 1.25. The number of methoxy groups -OCH3 is 1. The predicted octanol–water partition coefficient (Wildman–Crippen LogP) is 8.31. The molecular weight excluding hydrogens is 785 g/mol. The van der Waals surface area contributed by atoms with Gasteiger partial charge in [0.1, 0.15) is 11.6 Å². The number of anilines is 2. The molecule has 5 aromatic rings. The Morgan fingerprint density at radius 2 is 1.31 bits per heavy atom. The molecule has 2 bridgehead atoms. The number of carbonyl (C=O) groups excluding carboxylic acids is 4. The van der Waals surface area contributed by atoms with E-state index in [0.29, 0.717) is 38.1 Å². The number of piperidine rings is 1. The first-order valence-electron chi connectivity index (χ1n) is 19.4. The number of benzene rings is 5. The summed E-state index contributed by atoms with van der Waals surface area (Å²) in [5.74, 6) is -3.64. The van der Waals surface area contributed by atoms with E-state index in [1.54, 1.807) is 58.5 Å². The molecule has 1 aliphatic carbocycles. The number of aryl methyl sites for hydroxylation is 1. The van der Waals surface area contributed by atoms with Crippen LogP contribution in [0.15, 0.2) is 145 Å². The second-order valence-electron chi connectivity index (χ2n) is 15.7. The van der Waals surface area contributed by atoms with Gasteiger partial charge in [0, 0.05) is 39.0 Å². The van der Waals surface area contributed by atoms with Crippen molar-refractivity contribution in [2.75, 3.05) is 16.9 Å². The largest absolute Gasteiger partial charge is 0.466 e. The van der Waals surface area contributed by atoms with E-state index >= 15 is 14.4 Å². The Bertz CT molecular complexity index is 2650. The number of rotatable bonds is 7. The Morgan fingerprint density at radius 1 is 0.729 bits per heavy atom. The summed E-state index contributed by atoms with van der Waals surface area (Å²) >= 11 is 13.5. The van der Waals surface area contributed by atoms with E-state index in [0.717, 1.165) is 16.7 Å². The smallest absolute Gasteiger partial charge is 0.339 e. The minimum atomic E-state index is -2.00. The monoisotopic (exact) mass is 821 g/mol. The molecule has 0 radical (unpaired) electrons. The summed E-state index contributed by atoms with van der Waals surface area (Å²) < 4.78 is 12.7. The van der Waals surface area contributed by atoms with Crippen molar-refractivity contribution in [1.29, 1.82) is 0 Å². The van der Waals surface area contributed by atoms with Crippen molar-refractivity contribution in [2.24, 2.45) is 11.8 Å². The highest BCUT2D eigenvalue weighted by molar-refractivity contribution is 6.31. The first-order chi connectivity index (χ1) is 28.6. The number of hydrogen-bond donors (Lipinski definition) is 0. The fourth-order valence-corrected chi connectivity index (χ4v) is 10.4. The molecule has 59 heavy (non-hydrogen) atoms. The van der Waals surface area contributed by atoms with E-state index in [-0.39, 0.29) is 30.4 Å². The van der Waals surface area contributed by atoms with Crippen LogP contribution in [0.5, 0.6) is 0 Å². The Labute approximate surface area is 351 Å². The fraction of sp³-hybridized carbons (Fsp3) is 0.208. The fourth-order valence-electron chi connectivity index (χ4n) is 10.1. The molecule has 0 unspecified atom stereocenters. The predicted molar refractivity (Wildman–Crippen MR) is 224 cm³/mol. The lowest BCUT2D eigenvalue weighted by molar-refractivity contribution is -0.209. The highest BCUT2D eigenvalue weighted by atomic mass is 35.5. The molecule has 0 aromatic heterocycles. The quantitative estimate of drug-likeness (QED) is 0.0926. The molecular formula is C48H37Cl2N3O6. The number of ether oxygens (including phenoxy) is 2. The first kappa shape index (κ1) is 37.3. The second-order valence-corrected chi connectivity index (χ2v) is 16.6. The minimum Gasteiger partial charge on any atom is -0.466 e. The Kier molecular flexibility index (Phi) is 8.72. The van der Waals surface area contributed by atoms with Crippen molar-refractivity contribution in [2.45, 2.75) is 43.3 Å². The van der Waals surface area contributed by atoms with E-state index < -0.39 is 47.0 Å². The molecule has 2 spiro atoms. The maximum Gasteiger partial charge on any atom is 0.339 e. The van der Waals surface area contributed by atoms with Gasteiger partial charge in [-0.15, -0.1) is 0 Å². The summed E-state index contributed by atoms with van der Waals surface area (Å²) in [6, 6.07) is 36.1. The average Bonchev–Trinajstić information content (AvgIpc) is 3.60. The van der Waals surface area contributed by atoms with Crippen LogP contribution in [0.3, 0.4) is 0 Å². The molecule has 5 aliphatic heterocycles. The highest BCUT2D eigenvalue weighted by Gasteiger charge is 2.73. The van der Waals surface area contributed by atoms with Gasteiger partial charge < -0.3 is 24.2 Å². The van der Waals surface area contributed by atoms with Gasteiger partial charge in [-0.05, 0) is 60.0 Å². The molecule has 294 valence electrons. The van der Waals surface area contributed by atoms with Crippen molar-refractivity contribution < 1.29 is 28.7 Å². The first-order valence-corrected chi connectivity index (χ1v) is 20.2. The maximum atomic E-state index is 15.8. The number of fused-ring (bicyclic) bond motifs is 3. The van der Waals surface area contributed by atoms with Gasteiger partial charge in [0.25, 0.3) is 5.91 Å². The Hall–Kier alpha value is -6.00. The molecule has 5 heterocycles. The lowest BCUT2D eigenvalue weighted by atomic mass is 9.53. The van der Waals surface area contributed by atoms with Crippen LogP contribution in [0.25, 0.3) is 0 Å². The molecule has 2 amide bonds. The highest BCUT2D eigenvalue weighted by Crippen LogP contribution is 2.63. The molecule has 6 aliphatic rings. The zero-order valence-electron chi connectivity index (χ0n) is 32.0. The van der Waals surface area contributed by atoms with E-state index in [2.05, 4.69) is 0 Å². The summed E-state index contributed by atoms with van der Waals surface area (Å²) in [5.41, 5.74) is 1.73. The lowest BCUT2D eigenvalue weighted by Crippen LogP contribution is -2.73. The summed E-state index contributed by atoms with van der Waals surface area (Å²) in [6.07, 6.45) is 4.47. The molecule has 11 rings (SSSR count). The number of amides is 2. The van der Waals surface area contributed by atoms with Crippen LogP contribution in [0, 0.1) is 18.8 Å². The lowest BCUT2D eigenvalue weighted by Gasteiger charge is -2.61. The third kappa shape index (κ3) is 5.34. The normalized spacial score (nSPS) is 26.0. The van der Waals surface area contributed by atoms with Crippen LogP contribution in [0.1, 0.15) is 38.2 Å². The van der Waals surface area contributed by atoms with Crippen LogP contribution in [-0.4, -0.2) is 47.8 Å². The standard InChI is InChI=1S/C48H37Cl2N3O6/c1-28-13-15-31(16-14-28)42(54)41-34-19-22-40(47(41)35-23-32(49)17-20-38(35)51(45(47)56)25-29-9-5-3-6-10-29)53-27-37(44(55)58-2)48(59-43(34)53)36-24-33(50)18-21-39(36)52(46(48)57)26-30-11-7-4-8-12-30/h3-24,27,34,40-41,43H,25-26H2,1-2H3/t34-,40+,41-,43+,47+,48-/m1/s1. The number of carbonyl (C=O) groups is 4. The van der Waals surface area contributed by atoms with E-state index in [4.69, 9.17) is 32.7 Å². The molecule has 6 atom stereocenters. The number of Topliss-reactive ketones (excluding diaryl/α,β-unsaturated/α-hetero) is 1. The van der Waals surface area contributed by atoms with Gasteiger partial charge in [-0.2, -0.15) is 0 Å². The van der Waals surface area contributed by atoms with E-state index in [9.17, 15) is 4.79 Å². The van der Waals surface area contributed by atoms with E-state index in [1.165, 1.54) is 7.11 Å². The zero-order chi connectivity index (χ0) is 40.8. The molecule has 0 saturated carbocycles. The van der Waals surface area contributed by atoms with Gasteiger partial charge in [0.15, 0.2) is 5.78 Å². The van der Waals surface area contributed by atoms with Gasteiger partial charge in [0.05, 0.1) is 43.4 Å². The van der Waals surface area contributed by atoms with Crippen molar-refractivity contribution in [3.8, 4) is 0 Å². The molecule has 0 N–H and O–H groups in total. The zero-order valence-corrected chi connectivity index (χ0v) is 33.6. The topological polar surface area (TPSA) is 96.5 Å². The summed E-state index contributed by atoms with van der Waals surface area (Å²) in [4.78, 5) is 65.8. The number of halogens is 2. The number of ketones is 1. The Balaban J connectivity index is 1.19. The van der Waals surface area contributed by atoms with Gasteiger partial charge in [-0.25, -0.2) is 4.79 Å².